The molecule has 0 bridgehead atoms. The van der Waals surface area contributed by atoms with Crippen LogP contribution in [-0.4, -0.2) is 4.57 Å². The summed E-state index contributed by atoms with van der Waals surface area (Å²) < 4.78 is 5.11. The second-order valence-corrected chi connectivity index (χ2v) is 13.5. The maximum Gasteiger partial charge on any atom is 0.0561 e. The Morgan fingerprint density at radius 1 is 0.354 bits per heavy atom. The molecule has 0 aliphatic carbocycles. The molecule has 224 valence electrons. The van der Waals surface area contributed by atoms with Gasteiger partial charge in [-0.2, -0.15) is 0 Å². The van der Waals surface area contributed by atoms with Crippen LogP contribution in [-0.2, 0) is 0 Å². The number of benzene rings is 8. The predicted octanol–water partition coefficient (Wildman–Crippen LogP) is 13.3. The Morgan fingerprint density at radius 3 is 1.79 bits per heavy atom. The zero-order chi connectivity index (χ0) is 31.6. The molecular formula is C46H29NS. The molecule has 0 spiro atoms. The molecule has 1 nitrogen and oxygen atoms in total. The smallest absolute Gasteiger partial charge is 0.0561 e. The second-order valence-electron chi connectivity index (χ2n) is 12.5. The molecule has 0 aliphatic rings. The number of hydrogen-bond donors (Lipinski definition) is 0. The number of fused-ring (bicyclic) bond motifs is 8. The summed E-state index contributed by atoms with van der Waals surface area (Å²) in [6, 6.07) is 64.2. The Morgan fingerprint density at radius 2 is 0.958 bits per heavy atom. The summed E-state index contributed by atoms with van der Waals surface area (Å²) in [5, 5.41) is 7.77. The Kier molecular flexibility index (Phi) is 6.12. The number of rotatable bonds is 4. The van der Waals surface area contributed by atoms with Crippen molar-refractivity contribution in [2.45, 2.75) is 0 Å². The van der Waals surface area contributed by atoms with Crippen LogP contribution in [0.5, 0.6) is 0 Å². The average Bonchev–Trinajstić information content (AvgIpc) is 3.71. The van der Waals surface area contributed by atoms with E-state index in [-0.39, 0.29) is 0 Å². The highest BCUT2D eigenvalue weighted by atomic mass is 32.1. The lowest BCUT2D eigenvalue weighted by molar-refractivity contribution is 1.18. The molecule has 2 heterocycles. The lowest BCUT2D eigenvalue weighted by Gasteiger charge is -2.13. The van der Waals surface area contributed by atoms with E-state index in [1.54, 1.807) is 0 Å². The highest BCUT2D eigenvalue weighted by Gasteiger charge is 2.23. The topological polar surface area (TPSA) is 4.93 Å². The van der Waals surface area contributed by atoms with Gasteiger partial charge < -0.3 is 4.57 Å². The molecule has 2 aromatic heterocycles. The van der Waals surface area contributed by atoms with Crippen molar-refractivity contribution >= 4 is 64.1 Å². The first-order chi connectivity index (χ1) is 23.8. The van der Waals surface area contributed by atoms with Crippen LogP contribution in [0.4, 0.5) is 0 Å². The first-order valence-corrected chi connectivity index (χ1v) is 17.3. The van der Waals surface area contributed by atoms with Gasteiger partial charge >= 0.3 is 0 Å². The van der Waals surface area contributed by atoms with E-state index in [9.17, 15) is 0 Å². The van der Waals surface area contributed by atoms with Gasteiger partial charge in [0.1, 0.15) is 0 Å². The summed E-state index contributed by atoms with van der Waals surface area (Å²) >= 11 is 1.94. The highest BCUT2D eigenvalue weighted by Crippen LogP contribution is 2.50. The highest BCUT2D eigenvalue weighted by molar-refractivity contribution is 7.27. The van der Waals surface area contributed by atoms with Gasteiger partial charge in [0, 0.05) is 36.6 Å². The van der Waals surface area contributed by atoms with Crippen molar-refractivity contribution in [1.29, 1.82) is 0 Å². The third-order valence-electron chi connectivity index (χ3n) is 9.80. The van der Waals surface area contributed by atoms with E-state index in [0.29, 0.717) is 0 Å². The third-order valence-corrected chi connectivity index (χ3v) is 11.1. The zero-order valence-corrected chi connectivity index (χ0v) is 26.9. The van der Waals surface area contributed by atoms with E-state index in [0.717, 1.165) is 0 Å². The molecule has 0 aliphatic heterocycles. The number of hydrogen-bond acceptors (Lipinski definition) is 1. The molecule has 0 saturated carbocycles. The van der Waals surface area contributed by atoms with E-state index in [2.05, 4.69) is 180 Å². The number of aromatic nitrogens is 1. The Balaban J connectivity index is 1.34. The largest absolute Gasteiger partial charge is 0.309 e. The van der Waals surface area contributed by atoms with Gasteiger partial charge in [0.05, 0.1) is 11.0 Å². The van der Waals surface area contributed by atoms with E-state index >= 15 is 0 Å². The van der Waals surface area contributed by atoms with Gasteiger partial charge in [-0.05, 0) is 68.4 Å². The Bertz CT molecular complexity index is 2800. The van der Waals surface area contributed by atoms with Crippen molar-refractivity contribution < 1.29 is 0 Å². The molecule has 0 radical (unpaired) electrons. The molecule has 0 amide bonds. The van der Waals surface area contributed by atoms with Crippen molar-refractivity contribution in [3.8, 4) is 39.1 Å². The Labute approximate surface area is 282 Å². The van der Waals surface area contributed by atoms with Crippen molar-refractivity contribution in [2.24, 2.45) is 0 Å². The summed E-state index contributed by atoms with van der Waals surface area (Å²) in [4.78, 5) is 0. The third kappa shape index (κ3) is 4.10. The van der Waals surface area contributed by atoms with Crippen LogP contribution in [0.1, 0.15) is 0 Å². The van der Waals surface area contributed by atoms with Crippen molar-refractivity contribution in [3.63, 3.8) is 0 Å². The van der Waals surface area contributed by atoms with E-state index in [1.807, 2.05) is 11.3 Å². The fourth-order valence-electron chi connectivity index (χ4n) is 7.63. The minimum absolute atomic E-state index is 1.17. The van der Waals surface area contributed by atoms with Gasteiger partial charge in [0.15, 0.2) is 0 Å². The number of nitrogens with zero attached hydrogens (tertiary/aromatic N) is 1. The number of thiophene rings is 1. The molecule has 0 fully saturated rings. The Hall–Kier alpha value is -5.96. The molecule has 0 N–H and O–H groups in total. The summed E-state index contributed by atoms with van der Waals surface area (Å²) in [7, 11) is 0. The zero-order valence-electron chi connectivity index (χ0n) is 26.1. The maximum atomic E-state index is 2.46. The normalized spacial score (nSPS) is 11.8. The molecule has 0 saturated heterocycles. The van der Waals surface area contributed by atoms with Crippen LogP contribution < -0.4 is 0 Å². The van der Waals surface area contributed by atoms with Gasteiger partial charge in [0.2, 0.25) is 0 Å². The molecule has 8 aromatic carbocycles. The second kappa shape index (κ2) is 10.8. The van der Waals surface area contributed by atoms with Gasteiger partial charge in [-0.1, -0.05) is 152 Å². The SMILES string of the molecule is c1ccc(-c2ccc(-c3cccc4c3sc3c4c(-c4cccc5ccccc45)cc4c3c3ccccc3n4-c3ccccc3)cc2)cc1. The van der Waals surface area contributed by atoms with Gasteiger partial charge in [-0.25, -0.2) is 0 Å². The summed E-state index contributed by atoms with van der Waals surface area (Å²) in [5.41, 5.74) is 11.2. The van der Waals surface area contributed by atoms with Gasteiger partial charge in [-0.15, -0.1) is 11.3 Å². The molecule has 0 unspecified atom stereocenters. The van der Waals surface area contributed by atoms with Crippen LogP contribution in [0.3, 0.4) is 0 Å². The monoisotopic (exact) mass is 627 g/mol. The van der Waals surface area contributed by atoms with E-state index in [1.165, 1.54) is 91.8 Å². The standard InChI is InChI=1S/C46H29NS/c1-3-13-30(14-4-1)31-25-27-33(28-26-31)36-21-12-23-39-43-40(37-22-11-16-32-15-7-8-19-35(32)37)29-42-44(46(43)48-45(36)39)38-20-9-10-24-41(38)47(42)34-17-5-2-6-18-34/h1-29H. The lowest BCUT2D eigenvalue weighted by atomic mass is 9.92. The summed E-state index contributed by atoms with van der Waals surface area (Å²) in [6.45, 7) is 0. The maximum absolute atomic E-state index is 2.46. The molecule has 0 atom stereocenters. The van der Waals surface area contributed by atoms with Crippen LogP contribution in [0.2, 0.25) is 0 Å². The quantitative estimate of drug-likeness (QED) is 0.183. The average molecular weight is 628 g/mol. The first kappa shape index (κ1) is 27.2. The minimum Gasteiger partial charge on any atom is -0.309 e. The molecule has 2 heteroatoms. The lowest BCUT2D eigenvalue weighted by Crippen LogP contribution is -1.93. The van der Waals surface area contributed by atoms with Crippen molar-refractivity contribution in [3.05, 3.63) is 176 Å². The van der Waals surface area contributed by atoms with E-state index < -0.39 is 0 Å². The molecule has 48 heavy (non-hydrogen) atoms. The van der Waals surface area contributed by atoms with E-state index in [4.69, 9.17) is 0 Å². The summed E-state index contributed by atoms with van der Waals surface area (Å²) in [5.74, 6) is 0. The fraction of sp³-hybridized carbons (Fsp3) is 0. The van der Waals surface area contributed by atoms with Crippen LogP contribution in [0, 0.1) is 0 Å². The first-order valence-electron chi connectivity index (χ1n) is 16.4. The molecule has 10 rings (SSSR count). The van der Waals surface area contributed by atoms with Crippen LogP contribution in [0.25, 0.3) is 91.8 Å². The van der Waals surface area contributed by atoms with Crippen molar-refractivity contribution in [2.75, 3.05) is 0 Å². The number of para-hydroxylation sites is 2. The predicted molar refractivity (Wildman–Crippen MR) is 207 cm³/mol. The van der Waals surface area contributed by atoms with Gasteiger partial charge in [-0.3, -0.25) is 0 Å². The van der Waals surface area contributed by atoms with Crippen molar-refractivity contribution in [1.82, 2.24) is 4.57 Å². The van der Waals surface area contributed by atoms with Crippen LogP contribution in [0.15, 0.2) is 176 Å². The molecule has 10 aromatic rings. The van der Waals surface area contributed by atoms with Gasteiger partial charge in [0.25, 0.3) is 0 Å². The van der Waals surface area contributed by atoms with Crippen LogP contribution >= 0.6 is 11.3 Å². The summed E-state index contributed by atoms with van der Waals surface area (Å²) in [6.07, 6.45) is 0. The minimum atomic E-state index is 1.17. The molecular weight excluding hydrogens is 599 g/mol. The fourth-order valence-corrected chi connectivity index (χ4v) is 9.05.